The highest BCUT2D eigenvalue weighted by Gasteiger charge is 2.39. The molecule has 0 saturated heterocycles. The van der Waals surface area contributed by atoms with Gasteiger partial charge in [-0.1, -0.05) is 248 Å². The molecule has 0 radical (unpaired) electrons. The number of fused-ring (bicyclic) bond motifs is 11. The summed E-state index contributed by atoms with van der Waals surface area (Å²) < 4.78 is 0. The number of benzene rings is 12. The molecule has 0 bridgehead atoms. The van der Waals surface area contributed by atoms with Gasteiger partial charge < -0.3 is 0 Å². The van der Waals surface area contributed by atoms with E-state index in [1.54, 1.807) is 0 Å². The minimum Gasteiger partial charge on any atom is -0.0622 e. The Bertz CT molecular complexity index is 4370. The van der Waals surface area contributed by atoms with Crippen LogP contribution in [0.5, 0.6) is 0 Å². The first kappa shape index (κ1) is 45.5. The van der Waals surface area contributed by atoms with E-state index in [-0.39, 0.29) is 16.2 Å². The van der Waals surface area contributed by atoms with Gasteiger partial charge in [0.05, 0.1) is 0 Å². The quantitative estimate of drug-likeness (QED) is 0.146. The zero-order valence-corrected chi connectivity index (χ0v) is 44.6. The number of hydrogen-bond acceptors (Lipinski definition) is 0. The Hall–Kier alpha value is -8.84. The summed E-state index contributed by atoms with van der Waals surface area (Å²) >= 11 is 0. The molecule has 0 saturated carbocycles. The molecule has 0 nitrogen and oxygen atoms in total. The molecule has 12 aromatic carbocycles. The lowest BCUT2D eigenvalue weighted by atomic mass is 9.79. The highest BCUT2D eigenvalue weighted by Crippen LogP contribution is 2.56. The average molecular weight is 983 g/mol. The zero-order valence-electron chi connectivity index (χ0n) is 44.6. The summed E-state index contributed by atoms with van der Waals surface area (Å²) in [6, 6.07) is 91.8. The van der Waals surface area contributed by atoms with Crippen LogP contribution in [0.2, 0.25) is 0 Å². The van der Waals surface area contributed by atoms with E-state index in [0.717, 1.165) is 0 Å². The molecule has 0 fully saturated rings. The summed E-state index contributed by atoms with van der Waals surface area (Å²) in [4.78, 5) is 0. The average Bonchev–Trinajstić information content (AvgIpc) is 3.99. The third-order valence-electron chi connectivity index (χ3n) is 18.3. The van der Waals surface area contributed by atoms with Crippen molar-refractivity contribution in [2.45, 2.75) is 57.8 Å². The predicted octanol–water partition coefficient (Wildman–Crippen LogP) is 20.9. The van der Waals surface area contributed by atoms with Crippen molar-refractivity contribution >= 4 is 21.5 Å². The van der Waals surface area contributed by atoms with Crippen LogP contribution in [-0.2, 0) is 16.2 Å². The molecule has 0 N–H and O–H groups in total. The minimum absolute atomic E-state index is 0.145. The molecule has 0 aliphatic heterocycles. The monoisotopic (exact) mass is 982 g/mol. The molecule has 77 heavy (non-hydrogen) atoms. The Balaban J connectivity index is 0.767. The number of hydrogen-bond donors (Lipinski definition) is 0. The zero-order chi connectivity index (χ0) is 52.0. The molecule has 15 rings (SSSR count). The van der Waals surface area contributed by atoms with Crippen LogP contribution in [-0.4, -0.2) is 0 Å². The van der Waals surface area contributed by atoms with E-state index in [1.807, 2.05) is 0 Å². The fourth-order valence-electron chi connectivity index (χ4n) is 14.1. The van der Waals surface area contributed by atoms with Crippen molar-refractivity contribution in [1.82, 2.24) is 0 Å². The standard InChI is InChI=1S/C77H58/c1-75(2)68-42-52(50-27-25-49(26-28-50)47-17-9-7-10-18-47)30-36-57(68)59-37-31-53(43-69(59)75)54-32-38-60-62-40-34-56(46-72(62)77(5,6)70(60)44-54)74-65-23-15-13-21-63(65)73(64-22-14-16-24-66(64)74)55-33-39-61-58-35-29-51(48-19-11-8-12-20-48)41-67(58)76(3,4)71(61)45-55/h7-46H,1-6H3. The van der Waals surface area contributed by atoms with Crippen molar-refractivity contribution in [3.05, 3.63) is 276 Å². The van der Waals surface area contributed by atoms with Crippen LogP contribution < -0.4 is 0 Å². The van der Waals surface area contributed by atoms with E-state index in [2.05, 4.69) is 284 Å². The van der Waals surface area contributed by atoms with Gasteiger partial charge in [0.2, 0.25) is 0 Å². The smallest absolute Gasteiger partial charge is 0.0159 e. The Labute approximate surface area is 453 Å². The first-order valence-electron chi connectivity index (χ1n) is 27.5. The first-order valence-corrected chi connectivity index (χ1v) is 27.5. The lowest BCUT2D eigenvalue weighted by Crippen LogP contribution is -2.15. The molecule has 3 aliphatic carbocycles. The molecule has 0 spiro atoms. The van der Waals surface area contributed by atoms with Crippen molar-refractivity contribution in [2.24, 2.45) is 0 Å². The summed E-state index contributed by atoms with van der Waals surface area (Å²) in [5, 5.41) is 5.12. The van der Waals surface area contributed by atoms with E-state index in [1.165, 1.54) is 155 Å². The molecule has 3 aliphatic rings. The van der Waals surface area contributed by atoms with Gasteiger partial charge in [-0.2, -0.15) is 0 Å². The Morgan fingerprint density at radius 3 is 0.675 bits per heavy atom. The van der Waals surface area contributed by atoms with Gasteiger partial charge in [-0.05, 0) is 191 Å². The van der Waals surface area contributed by atoms with Gasteiger partial charge in [0.1, 0.15) is 0 Å². The first-order chi connectivity index (χ1) is 37.4. The van der Waals surface area contributed by atoms with E-state index in [4.69, 9.17) is 0 Å². The molecule has 0 atom stereocenters. The van der Waals surface area contributed by atoms with Crippen LogP contribution in [0.15, 0.2) is 243 Å². The Morgan fingerprint density at radius 1 is 0.182 bits per heavy atom. The molecule has 0 aromatic heterocycles. The van der Waals surface area contributed by atoms with Crippen LogP contribution in [0.3, 0.4) is 0 Å². The molecular formula is C77H58. The second-order valence-electron chi connectivity index (χ2n) is 23.6. The second kappa shape index (κ2) is 16.6. The maximum atomic E-state index is 2.52. The molecular weight excluding hydrogens is 925 g/mol. The Kier molecular flexibility index (Phi) is 9.81. The van der Waals surface area contributed by atoms with Gasteiger partial charge in [0, 0.05) is 16.2 Å². The van der Waals surface area contributed by atoms with Crippen molar-refractivity contribution < 1.29 is 0 Å². The molecule has 12 aromatic rings. The van der Waals surface area contributed by atoms with Crippen molar-refractivity contribution in [3.63, 3.8) is 0 Å². The summed E-state index contributed by atoms with van der Waals surface area (Å²) in [5.41, 5.74) is 31.0. The van der Waals surface area contributed by atoms with Crippen LogP contribution in [0.1, 0.15) is 74.9 Å². The molecule has 0 heterocycles. The lowest BCUT2D eigenvalue weighted by Gasteiger charge is -2.24. The fraction of sp³-hybridized carbons (Fsp3) is 0.117. The van der Waals surface area contributed by atoms with Gasteiger partial charge in [-0.25, -0.2) is 0 Å². The molecule has 0 amide bonds. The van der Waals surface area contributed by atoms with E-state index >= 15 is 0 Å². The van der Waals surface area contributed by atoms with Crippen LogP contribution >= 0.6 is 0 Å². The van der Waals surface area contributed by atoms with Crippen LogP contribution in [0.4, 0.5) is 0 Å². The van der Waals surface area contributed by atoms with Gasteiger partial charge in [0.15, 0.2) is 0 Å². The topological polar surface area (TPSA) is 0 Å². The second-order valence-corrected chi connectivity index (χ2v) is 23.6. The normalized spacial score (nSPS) is 14.7. The minimum atomic E-state index is -0.208. The van der Waals surface area contributed by atoms with Gasteiger partial charge in [-0.15, -0.1) is 0 Å². The van der Waals surface area contributed by atoms with Gasteiger partial charge in [-0.3, -0.25) is 0 Å². The third kappa shape index (κ3) is 6.77. The fourth-order valence-corrected chi connectivity index (χ4v) is 14.1. The summed E-state index contributed by atoms with van der Waals surface area (Å²) in [6.07, 6.45) is 0. The summed E-state index contributed by atoms with van der Waals surface area (Å²) in [7, 11) is 0. The maximum absolute atomic E-state index is 2.52. The summed E-state index contributed by atoms with van der Waals surface area (Å²) in [5.74, 6) is 0. The summed E-state index contributed by atoms with van der Waals surface area (Å²) in [6.45, 7) is 14.5. The molecule has 0 unspecified atom stereocenters. The largest absolute Gasteiger partial charge is 0.0622 e. The van der Waals surface area contributed by atoms with E-state index in [9.17, 15) is 0 Å². The maximum Gasteiger partial charge on any atom is 0.0159 e. The van der Waals surface area contributed by atoms with Crippen LogP contribution in [0, 0.1) is 0 Å². The Morgan fingerprint density at radius 2 is 0.377 bits per heavy atom. The van der Waals surface area contributed by atoms with Gasteiger partial charge >= 0.3 is 0 Å². The molecule has 0 heteroatoms. The molecule has 366 valence electrons. The third-order valence-corrected chi connectivity index (χ3v) is 18.3. The van der Waals surface area contributed by atoms with Crippen molar-refractivity contribution in [3.8, 4) is 100 Å². The number of rotatable bonds is 6. The van der Waals surface area contributed by atoms with Gasteiger partial charge in [0.25, 0.3) is 0 Å². The van der Waals surface area contributed by atoms with E-state index in [0.29, 0.717) is 0 Å². The van der Waals surface area contributed by atoms with Crippen molar-refractivity contribution in [2.75, 3.05) is 0 Å². The SMILES string of the molecule is CC1(C)c2cc(-c3ccc(-c4ccccc4)cc3)ccc2-c2ccc(-c3ccc4c(c3)C(C)(C)c3cc(-c5c6ccccc6c(-c6ccc7c(c6)C(C)(C)c6cc(-c8ccccc8)ccc6-7)c6ccccc56)ccc3-4)cc21. The van der Waals surface area contributed by atoms with Crippen LogP contribution in [0.25, 0.3) is 122 Å². The van der Waals surface area contributed by atoms with E-state index < -0.39 is 0 Å². The predicted molar refractivity (Wildman–Crippen MR) is 327 cm³/mol. The highest BCUT2D eigenvalue weighted by molar-refractivity contribution is 6.21. The van der Waals surface area contributed by atoms with Crippen molar-refractivity contribution in [1.29, 1.82) is 0 Å². The highest BCUT2D eigenvalue weighted by atomic mass is 14.4. The lowest BCUT2D eigenvalue weighted by molar-refractivity contribution is 0.660.